The third kappa shape index (κ3) is 6.80. The van der Waals surface area contributed by atoms with Crippen LogP contribution < -0.4 is 10.6 Å². The van der Waals surface area contributed by atoms with Crippen molar-refractivity contribution in [2.24, 2.45) is 5.73 Å². The van der Waals surface area contributed by atoms with Gasteiger partial charge < -0.3 is 20.7 Å². The fraction of sp³-hybridized carbons (Fsp3) is 0.250. The quantitative estimate of drug-likeness (QED) is 0.180. The molecule has 0 unspecified atom stereocenters. The second-order valence-corrected chi connectivity index (χ2v) is 9.27. The minimum atomic E-state index is -0.962. The summed E-state index contributed by atoms with van der Waals surface area (Å²) in [6, 6.07) is 19.7. The number of hydrogen-bond acceptors (Lipinski definition) is 4. The van der Waals surface area contributed by atoms with E-state index < -0.39 is 6.09 Å². The molecule has 1 heterocycles. The monoisotopic (exact) mass is 520 g/mol. The summed E-state index contributed by atoms with van der Waals surface area (Å²) in [7, 11) is 3.99. The maximum atomic E-state index is 12.2. The number of carboxylic acid groups (broad SMARTS) is 1. The van der Waals surface area contributed by atoms with Crippen LogP contribution in [0.1, 0.15) is 33.6 Å². The molecule has 1 aromatic heterocycles. The van der Waals surface area contributed by atoms with Crippen LogP contribution in [0.5, 0.6) is 0 Å². The van der Waals surface area contributed by atoms with E-state index in [4.69, 9.17) is 11.1 Å². The Hall–Kier alpha value is -4.04. The number of amidine groups is 1. The van der Waals surface area contributed by atoms with Crippen LogP contribution in [0.3, 0.4) is 0 Å². The van der Waals surface area contributed by atoms with E-state index in [1.54, 1.807) is 0 Å². The third-order valence-electron chi connectivity index (χ3n) is 6.33. The van der Waals surface area contributed by atoms with Gasteiger partial charge in [0.25, 0.3) is 0 Å². The van der Waals surface area contributed by atoms with Crippen molar-refractivity contribution in [1.82, 2.24) is 14.9 Å². The van der Waals surface area contributed by atoms with Gasteiger partial charge in [-0.25, -0.2) is 9.78 Å². The number of aromatic nitrogens is 2. The second kappa shape index (κ2) is 11.8. The Kier molecular flexibility index (Phi) is 8.78. The number of aryl methyl sites for hydroxylation is 3. The van der Waals surface area contributed by atoms with E-state index in [1.165, 1.54) is 4.90 Å². The first kappa shape index (κ1) is 27.5. The zero-order valence-corrected chi connectivity index (χ0v) is 22.1. The summed E-state index contributed by atoms with van der Waals surface area (Å²) in [6.45, 7) is 2.47. The molecule has 0 saturated carbocycles. The number of imidazole rings is 1. The number of fused-ring (bicyclic) bond motifs is 1. The number of hydrogen-bond donors (Lipinski definition) is 4. The standard InChI is InChI=1S/C28H32N6O2.ClH/c1-18-31-25-13-7-20(14-26(25)32-18)16-34(28(35)36)17-23-11-12-24(33(2)3)15-22(23)10-6-19-4-8-21(9-5-19)27(29)30;/h4-5,7-9,11-15H,6,10,16-17H2,1-3H3,(H3,29,30)(H,31,32)(H,35,36);1H. The molecule has 4 aromatic rings. The van der Waals surface area contributed by atoms with Crippen LogP contribution in [0.4, 0.5) is 10.5 Å². The number of amides is 1. The van der Waals surface area contributed by atoms with Gasteiger partial charge in [-0.15, -0.1) is 12.4 Å². The van der Waals surface area contributed by atoms with Gasteiger partial charge in [-0.05, 0) is 66.3 Å². The molecule has 0 spiro atoms. The van der Waals surface area contributed by atoms with Crippen LogP contribution in [0.2, 0.25) is 0 Å². The molecule has 0 saturated heterocycles. The highest BCUT2D eigenvalue weighted by molar-refractivity contribution is 5.94. The summed E-state index contributed by atoms with van der Waals surface area (Å²) in [6.07, 6.45) is 0.600. The van der Waals surface area contributed by atoms with Gasteiger partial charge in [0.1, 0.15) is 11.7 Å². The van der Waals surface area contributed by atoms with Crippen molar-refractivity contribution in [2.75, 3.05) is 19.0 Å². The highest BCUT2D eigenvalue weighted by Gasteiger charge is 2.17. The fourth-order valence-electron chi connectivity index (χ4n) is 4.30. The molecule has 4 rings (SSSR count). The van der Waals surface area contributed by atoms with Crippen molar-refractivity contribution in [2.45, 2.75) is 32.9 Å². The molecule has 0 atom stereocenters. The van der Waals surface area contributed by atoms with E-state index in [1.807, 2.05) is 80.5 Å². The van der Waals surface area contributed by atoms with E-state index in [0.717, 1.165) is 57.6 Å². The molecule has 0 aliphatic heterocycles. The summed E-state index contributed by atoms with van der Waals surface area (Å²) in [5.41, 5.74) is 13.3. The van der Waals surface area contributed by atoms with Gasteiger partial charge in [0, 0.05) is 38.4 Å². The van der Waals surface area contributed by atoms with Gasteiger partial charge in [0.15, 0.2) is 0 Å². The molecule has 5 N–H and O–H groups in total. The predicted molar refractivity (Wildman–Crippen MR) is 151 cm³/mol. The largest absolute Gasteiger partial charge is 0.465 e. The molecular weight excluding hydrogens is 488 g/mol. The fourth-order valence-corrected chi connectivity index (χ4v) is 4.30. The van der Waals surface area contributed by atoms with E-state index in [0.29, 0.717) is 12.1 Å². The molecule has 9 heteroatoms. The highest BCUT2D eigenvalue weighted by atomic mass is 35.5. The lowest BCUT2D eigenvalue weighted by atomic mass is 9.97. The van der Waals surface area contributed by atoms with Crippen molar-refractivity contribution in [3.8, 4) is 0 Å². The molecule has 0 aliphatic carbocycles. The number of anilines is 1. The number of nitrogens with one attached hydrogen (secondary N) is 2. The minimum Gasteiger partial charge on any atom is -0.465 e. The summed E-state index contributed by atoms with van der Waals surface area (Å²) in [5.74, 6) is 0.886. The minimum absolute atomic E-state index is 0. The lowest BCUT2D eigenvalue weighted by Gasteiger charge is -2.23. The van der Waals surface area contributed by atoms with Crippen molar-refractivity contribution in [3.63, 3.8) is 0 Å². The van der Waals surface area contributed by atoms with Gasteiger partial charge >= 0.3 is 6.09 Å². The summed E-state index contributed by atoms with van der Waals surface area (Å²) in [5, 5.41) is 17.6. The average molecular weight is 521 g/mol. The molecule has 0 aliphatic rings. The van der Waals surface area contributed by atoms with Gasteiger partial charge in [-0.1, -0.05) is 36.4 Å². The first-order valence-electron chi connectivity index (χ1n) is 11.8. The van der Waals surface area contributed by atoms with Crippen LogP contribution >= 0.6 is 12.4 Å². The van der Waals surface area contributed by atoms with Crippen molar-refractivity contribution in [1.29, 1.82) is 5.41 Å². The molecule has 0 radical (unpaired) electrons. The highest BCUT2D eigenvalue weighted by Crippen LogP contribution is 2.23. The first-order chi connectivity index (χ1) is 17.2. The summed E-state index contributed by atoms with van der Waals surface area (Å²) < 4.78 is 0. The maximum absolute atomic E-state index is 12.2. The number of nitrogens with zero attached hydrogens (tertiary/aromatic N) is 3. The summed E-state index contributed by atoms with van der Waals surface area (Å²) >= 11 is 0. The topological polar surface area (TPSA) is 122 Å². The molecule has 1 amide bonds. The normalized spacial score (nSPS) is 10.7. The SMILES string of the molecule is Cc1nc2cc(CN(Cc3ccc(N(C)C)cc3CCc3ccc(C(=N)N)cc3)C(=O)O)ccc2[nH]1.Cl. The first-order valence-corrected chi connectivity index (χ1v) is 11.8. The van der Waals surface area contributed by atoms with Gasteiger partial charge in [0.2, 0.25) is 0 Å². The Bertz CT molecular complexity index is 1400. The lowest BCUT2D eigenvalue weighted by Crippen LogP contribution is -2.29. The van der Waals surface area contributed by atoms with E-state index >= 15 is 0 Å². The Balaban J connectivity index is 0.00000380. The zero-order chi connectivity index (χ0) is 25.8. The number of H-pyrrole nitrogens is 1. The van der Waals surface area contributed by atoms with Crippen LogP contribution in [0.15, 0.2) is 60.7 Å². The lowest BCUT2D eigenvalue weighted by molar-refractivity contribution is 0.139. The maximum Gasteiger partial charge on any atom is 0.407 e. The molecule has 194 valence electrons. The van der Waals surface area contributed by atoms with Gasteiger partial charge in [-0.2, -0.15) is 0 Å². The van der Waals surface area contributed by atoms with E-state index in [-0.39, 0.29) is 24.8 Å². The third-order valence-corrected chi connectivity index (χ3v) is 6.33. The molecular formula is C28H33ClN6O2. The smallest absolute Gasteiger partial charge is 0.407 e. The van der Waals surface area contributed by atoms with Crippen molar-refractivity contribution < 1.29 is 9.90 Å². The number of aromatic amines is 1. The van der Waals surface area contributed by atoms with Crippen LogP contribution in [0.25, 0.3) is 11.0 Å². The number of carbonyl (C=O) groups is 1. The Morgan fingerprint density at radius 1 is 0.973 bits per heavy atom. The Labute approximate surface area is 223 Å². The molecule has 0 bridgehead atoms. The van der Waals surface area contributed by atoms with Crippen molar-refractivity contribution >= 4 is 41.1 Å². The van der Waals surface area contributed by atoms with Crippen LogP contribution in [-0.2, 0) is 25.9 Å². The predicted octanol–water partition coefficient (Wildman–Crippen LogP) is 5.11. The second-order valence-electron chi connectivity index (χ2n) is 9.27. The summed E-state index contributed by atoms with van der Waals surface area (Å²) in [4.78, 5) is 23.4. The van der Waals surface area contributed by atoms with Crippen LogP contribution in [0, 0.1) is 12.3 Å². The molecule has 8 nitrogen and oxygen atoms in total. The molecule has 3 aromatic carbocycles. The average Bonchev–Trinajstić information content (AvgIpc) is 3.22. The number of halogens is 1. The Morgan fingerprint density at radius 3 is 2.32 bits per heavy atom. The Morgan fingerprint density at radius 2 is 1.68 bits per heavy atom. The molecule has 37 heavy (non-hydrogen) atoms. The van der Waals surface area contributed by atoms with E-state index in [9.17, 15) is 9.90 Å². The zero-order valence-electron chi connectivity index (χ0n) is 21.3. The number of nitrogen functional groups attached to an aromatic ring is 1. The van der Waals surface area contributed by atoms with Crippen LogP contribution in [-0.4, -0.2) is 46.0 Å². The number of benzene rings is 3. The van der Waals surface area contributed by atoms with Gasteiger partial charge in [0.05, 0.1) is 11.0 Å². The van der Waals surface area contributed by atoms with E-state index in [2.05, 4.69) is 16.0 Å². The van der Waals surface area contributed by atoms with Crippen molar-refractivity contribution in [3.05, 3.63) is 94.3 Å². The number of rotatable bonds is 9. The number of nitrogens with two attached hydrogens (primary N) is 1. The van der Waals surface area contributed by atoms with Gasteiger partial charge in [-0.3, -0.25) is 10.3 Å². The molecule has 0 fully saturated rings.